The highest BCUT2D eigenvalue weighted by atomic mass is 15.3. The van der Waals surface area contributed by atoms with E-state index < -0.39 is 0 Å². The summed E-state index contributed by atoms with van der Waals surface area (Å²) in [6.45, 7) is 7.91. The fourth-order valence-electron chi connectivity index (χ4n) is 2.69. The topological polar surface area (TPSA) is 49.8 Å². The minimum Gasteiger partial charge on any atom is -0.340 e. The molecule has 0 aliphatic heterocycles. The minimum absolute atomic E-state index is 0.713. The Labute approximate surface area is 126 Å². The number of aryl methyl sites for hydroxylation is 2. The van der Waals surface area contributed by atoms with Crippen LogP contribution in [0.25, 0.3) is 0 Å². The first-order valence-corrected chi connectivity index (χ1v) is 7.08. The van der Waals surface area contributed by atoms with Crippen LogP contribution >= 0.6 is 0 Å². The summed E-state index contributed by atoms with van der Waals surface area (Å²) in [6.07, 6.45) is 0. The van der Waals surface area contributed by atoms with Crippen molar-refractivity contribution in [1.29, 1.82) is 5.26 Å². The predicted octanol–water partition coefficient (Wildman–Crippen LogP) is 2.19. The molecule has 2 heterocycles. The minimum atomic E-state index is 0.713. The standard InChI is InChI=1S/C16H23N5/c1-11-16(13(3)21(6)18-11)10-19(4)9-14-7-15(8-17)20(5)12(14)2/h7H,9-10H2,1-6H3. The van der Waals surface area contributed by atoms with Gasteiger partial charge in [0.1, 0.15) is 11.8 Å². The molecule has 0 unspecified atom stereocenters. The largest absolute Gasteiger partial charge is 0.340 e. The highest BCUT2D eigenvalue weighted by molar-refractivity contribution is 5.34. The van der Waals surface area contributed by atoms with Gasteiger partial charge in [0.15, 0.2) is 0 Å². The summed E-state index contributed by atoms with van der Waals surface area (Å²) in [4.78, 5) is 2.26. The smallest absolute Gasteiger partial charge is 0.120 e. The van der Waals surface area contributed by atoms with Gasteiger partial charge in [-0.25, -0.2) is 0 Å². The zero-order chi connectivity index (χ0) is 15.7. The average molecular weight is 285 g/mol. The first-order chi connectivity index (χ1) is 9.85. The monoisotopic (exact) mass is 285 g/mol. The van der Waals surface area contributed by atoms with E-state index in [0.29, 0.717) is 5.69 Å². The van der Waals surface area contributed by atoms with Crippen LogP contribution in [-0.4, -0.2) is 26.3 Å². The fraction of sp³-hybridized carbons (Fsp3) is 0.500. The lowest BCUT2D eigenvalue weighted by Gasteiger charge is -2.17. The summed E-state index contributed by atoms with van der Waals surface area (Å²) in [7, 11) is 6.02. The Morgan fingerprint density at radius 3 is 2.33 bits per heavy atom. The zero-order valence-electron chi connectivity index (χ0n) is 13.7. The van der Waals surface area contributed by atoms with Crippen LogP contribution < -0.4 is 0 Å². The first kappa shape index (κ1) is 15.3. The molecule has 0 radical (unpaired) electrons. The van der Waals surface area contributed by atoms with Crippen LogP contribution in [0, 0.1) is 32.1 Å². The van der Waals surface area contributed by atoms with Gasteiger partial charge in [-0.2, -0.15) is 10.4 Å². The molecule has 5 nitrogen and oxygen atoms in total. The lowest BCUT2D eigenvalue weighted by molar-refractivity contribution is 0.317. The van der Waals surface area contributed by atoms with E-state index in [-0.39, 0.29) is 0 Å². The first-order valence-electron chi connectivity index (χ1n) is 7.08. The second-order valence-electron chi connectivity index (χ2n) is 5.76. The third-order valence-corrected chi connectivity index (χ3v) is 4.28. The fourth-order valence-corrected chi connectivity index (χ4v) is 2.69. The SMILES string of the molecule is Cc1nn(C)c(C)c1CN(C)Cc1cc(C#N)n(C)c1C. The maximum Gasteiger partial charge on any atom is 0.120 e. The molecule has 0 amide bonds. The molecule has 2 aromatic rings. The molecule has 0 bridgehead atoms. The average Bonchev–Trinajstić information content (AvgIpc) is 2.83. The lowest BCUT2D eigenvalue weighted by Crippen LogP contribution is -2.18. The molecule has 112 valence electrons. The third-order valence-electron chi connectivity index (χ3n) is 4.28. The molecule has 2 rings (SSSR count). The Bertz CT molecular complexity index is 699. The van der Waals surface area contributed by atoms with Crippen LogP contribution in [0.15, 0.2) is 6.07 Å². The second kappa shape index (κ2) is 5.74. The highest BCUT2D eigenvalue weighted by Crippen LogP contribution is 2.18. The summed E-state index contributed by atoms with van der Waals surface area (Å²) in [5, 5.41) is 13.6. The molecule has 5 heteroatoms. The van der Waals surface area contributed by atoms with Crippen molar-refractivity contribution in [2.24, 2.45) is 14.1 Å². The summed E-state index contributed by atoms with van der Waals surface area (Å²) >= 11 is 0. The Balaban J connectivity index is 2.16. The van der Waals surface area contributed by atoms with Gasteiger partial charge >= 0.3 is 0 Å². The molecule has 0 aromatic carbocycles. The summed E-state index contributed by atoms with van der Waals surface area (Å²) in [5.74, 6) is 0. The number of aromatic nitrogens is 3. The molecule has 0 saturated heterocycles. The van der Waals surface area contributed by atoms with Gasteiger partial charge < -0.3 is 4.57 Å². The van der Waals surface area contributed by atoms with Crippen LogP contribution in [0.4, 0.5) is 0 Å². The Kier molecular flexibility index (Phi) is 4.19. The van der Waals surface area contributed by atoms with Gasteiger partial charge in [0.05, 0.1) is 5.69 Å². The van der Waals surface area contributed by atoms with E-state index in [0.717, 1.165) is 24.5 Å². The molecule has 2 aromatic heterocycles. The lowest BCUT2D eigenvalue weighted by atomic mass is 10.1. The molecule has 0 spiro atoms. The van der Waals surface area contributed by atoms with Crippen molar-refractivity contribution in [3.8, 4) is 6.07 Å². The number of hydrogen-bond donors (Lipinski definition) is 0. The van der Waals surface area contributed by atoms with Crippen molar-refractivity contribution in [3.63, 3.8) is 0 Å². The maximum absolute atomic E-state index is 9.11. The van der Waals surface area contributed by atoms with Crippen LogP contribution in [-0.2, 0) is 27.2 Å². The van der Waals surface area contributed by atoms with E-state index in [4.69, 9.17) is 5.26 Å². The number of rotatable bonds is 4. The van der Waals surface area contributed by atoms with Crippen molar-refractivity contribution in [3.05, 3.63) is 40.0 Å². The van der Waals surface area contributed by atoms with Crippen molar-refractivity contribution >= 4 is 0 Å². The van der Waals surface area contributed by atoms with Crippen LogP contribution in [0.2, 0.25) is 0 Å². The molecule has 21 heavy (non-hydrogen) atoms. The van der Waals surface area contributed by atoms with Gasteiger partial charge in [-0.15, -0.1) is 0 Å². The van der Waals surface area contributed by atoms with Gasteiger partial charge in [-0.05, 0) is 39.4 Å². The van der Waals surface area contributed by atoms with E-state index in [1.54, 1.807) is 0 Å². The van der Waals surface area contributed by atoms with Crippen molar-refractivity contribution in [1.82, 2.24) is 19.2 Å². The normalized spacial score (nSPS) is 11.1. The second-order valence-corrected chi connectivity index (χ2v) is 5.76. The highest BCUT2D eigenvalue weighted by Gasteiger charge is 2.14. The maximum atomic E-state index is 9.11. The number of nitriles is 1. The molecule has 0 saturated carbocycles. The molecule has 0 N–H and O–H groups in total. The van der Waals surface area contributed by atoms with Crippen LogP contribution in [0.5, 0.6) is 0 Å². The Morgan fingerprint density at radius 2 is 1.86 bits per heavy atom. The van der Waals surface area contributed by atoms with Gasteiger partial charge in [0.25, 0.3) is 0 Å². The van der Waals surface area contributed by atoms with Gasteiger partial charge in [-0.1, -0.05) is 0 Å². The van der Waals surface area contributed by atoms with Gasteiger partial charge in [0, 0.05) is 44.1 Å². The summed E-state index contributed by atoms with van der Waals surface area (Å²) < 4.78 is 3.88. The number of hydrogen-bond acceptors (Lipinski definition) is 3. The van der Waals surface area contributed by atoms with Crippen molar-refractivity contribution < 1.29 is 0 Å². The van der Waals surface area contributed by atoms with E-state index in [1.165, 1.54) is 16.8 Å². The molecule has 0 aliphatic carbocycles. The Hall–Kier alpha value is -2.06. The van der Waals surface area contributed by atoms with Gasteiger partial charge in [0.2, 0.25) is 0 Å². The summed E-state index contributed by atoms with van der Waals surface area (Å²) in [6, 6.07) is 4.21. The quantitative estimate of drug-likeness (QED) is 0.865. The van der Waals surface area contributed by atoms with Gasteiger partial charge in [-0.3, -0.25) is 9.58 Å². The number of nitrogens with zero attached hydrogens (tertiary/aromatic N) is 5. The van der Waals surface area contributed by atoms with E-state index in [9.17, 15) is 0 Å². The molecule has 0 aliphatic rings. The van der Waals surface area contributed by atoms with Crippen molar-refractivity contribution in [2.75, 3.05) is 7.05 Å². The van der Waals surface area contributed by atoms with E-state index in [2.05, 4.69) is 43.9 Å². The van der Waals surface area contributed by atoms with E-state index in [1.807, 2.05) is 29.4 Å². The third kappa shape index (κ3) is 2.86. The molecular formula is C16H23N5. The van der Waals surface area contributed by atoms with Crippen LogP contribution in [0.3, 0.4) is 0 Å². The zero-order valence-corrected chi connectivity index (χ0v) is 13.7. The van der Waals surface area contributed by atoms with E-state index >= 15 is 0 Å². The summed E-state index contributed by atoms with van der Waals surface area (Å²) in [5.41, 5.74) is 6.65. The molecule has 0 atom stereocenters. The predicted molar refractivity (Wildman–Crippen MR) is 82.7 cm³/mol. The molecular weight excluding hydrogens is 262 g/mol. The van der Waals surface area contributed by atoms with Crippen LogP contribution in [0.1, 0.15) is 33.9 Å². The molecule has 0 fully saturated rings. The Morgan fingerprint density at radius 1 is 1.19 bits per heavy atom. The van der Waals surface area contributed by atoms with Crippen molar-refractivity contribution in [2.45, 2.75) is 33.9 Å².